The molecular weight excluding hydrogens is 406 g/mol. The molecule has 2 aromatic heterocycles. The van der Waals surface area contributed by atoms with E-state index in [1.807, 2.05) is 19.9 Å². The van der Waals surface area contributed by atoms with Gasteiger partial charge in [-0.3, -0.25) is 0 Å². The van der Waals surface area contributed by atoms with Gasteiger partial charge in [-0.25, -0.2) is 9.97 Å². The predicted octanol–water partition coefficient (Wildman–Crippen LogP) is 7.19. The van der Waals surface area contributed by atoms with Gasteiger partial charge in [0.2, 0.25) is 11.8 Å². The molecule has 0 aliphatic heterocycles. The zero-order chi connectivity index (χ0) is 22.7. The van der Waals surface area contributed by atoms with E-state index in [0.29, 0.717) is 41.9 Å². The molecule has 0 unspecified atom stereocenters. The summed E-state index contributed by atoms with van der Waals surface area (Å²) < 4.78 is 11.9. The second kappa shape index (κ2) is 9.86. The van der Waals surface area contributed by atoms with Gasteiger partial charge in [0.1, 0.15) is 5.82 Å². The van der Waals surface area contributed by atoms with E-state index in [1.54, 1.807) is 6.20 Å². The van der Waals surface area contributed by atoms with Gasteiger partial charge in [-0.1, -0.05) is 53.7 Å². The van der Waals surface area contributed by atoms with Gasteiger partial charge in [-0.15, -0.1) is 0 Å². The number of aromatic nitrogens is 3. The number of rotatable bonds is 8. The van der Waals surface area contributed by atoms with Crippen LogP contribution in [-0.2, 0) is 0 Å². The number of hydrogen-bond acceptors (Lipinski definition) is 6. The van der Waals surface area contributed by atoms with Crippen LogP contribution in [-0.4, -0.2) is 21.6 Å². The van der Waals surface area contributed by atoms with Crippen LogP contribution in [0.2, 0.25) is 0 Å². The summed E-state index contributed by atoms with van der Waals surface area (Å²) in [5, 5.41) is 0.799. The third kappa shape index (κ3) is 5.29. The summed E-state index contributed by atoms with van der Waals surface area (Å²) in [5.74, 6) is 2.99. The number of aryl methyl sites for hydroxylation is 1. The van der Waals surface area contributed by atoms with E-state index in [9.17, 15) is 0 Å². The fraction of sp³-hybridized carbons (Fsp3) is 0.480. The standard InChI is InChI=1S/C25H33N3O2S/c1-9-29-23-12-21-22(13-26-23)27-17(8)28-25(21)30-31-24-19(15(4)5)10-18(14(2)3)11-20(24)16(6)7/h10-16H,9H2,1-8H3. The molecule has 1 aromatic carbocycles. The zero-order valence-corrected chi connectivity index (χ0v) is 20.6. The lowest BCUT2D eigenvalue weighted by molar-refractivity contribution is 0.327. The first-order chi connectivity index (χ1) is 14.7. The summed E-state index contributed by atoms with van der Waals surface area (Å²) in [6.07, 6.45) is 1.71. The van der Waals surface area contributed by atoms with Crippen molar-refractivity contribution in [1.82, 2.24) is 15.0 Å². The third-order valence-electron chi connectivity index (χ3n) is 5.21. The molecule has 0 saturated carbocycles. The van der Waals surface area contributed by atoms with Crippen LogP contribution in [0.5, 0.6) is 11.8 Å². The Bertz CT molecular complexity index is 1040. The van der Waals surface area contributed by atoms with Crippen LogP contribution >= 0.6 is 12.0 Å². The Hall–Kier alpha value is -2.34. The molecule has 6 heteroatoms. The van der Waals surface area contributed by atoms with Crippen molar-refractivity contribution in [1.29, 1.82) is 0 Å². The maximum absolute atomic E-state index is 6.28. The molecule has 0 amide bonds. The molecular formula is C25H33N3O2S. The van der Waals surface area contributed by atoms with Crippen LogP contribution in [0.25, 0.3) is 10.9 Å². The fourth-order valence-corrected chi connectivity index (χ4v) is 4.52. The second-order valence-corrected chi connectivity index (χ2v) is 9.45. The van der Waals surface area contributed by atoms with Crippen LogP contribution in [0.4, 0.5) is 0 Å². The number of pyridine rings is 1. The Morgan fingerprint density at radius 1 is 0.903 bits per heavy atom. The zero-order valence-electron chi connectivity index (χ0n) is 19.8. The van der Waals surface area contributed by atoms with Crippen LogP contribution in [0.1, 0.15) is 88.7 Å². The molecule has 5 nitrogen and oxygen atoms in total. The van der Waals surface area contributed by atoms with Crippen molar-refractivity contribution in [2.45, 2.75) is 78.0 Å². The van der Waals surface area contributed by atoms with Crippen molar-refractivity contribution in [3.8, 4) is 11.8 Å². The minimum atomic E-state index is 0.389. The highest BCUT2D eigenvalue weighted by Crippen LogP contribution is 2.40. The lowest BCUT2D eigenvalue weighted by Gasteiger charge is -2.22. The number of benzene rings is 1. The lowest BCUT2D eigenvalue weighted by atomic mass is 9.89. The van der Waals surface area contributed by atoms with Gasteiger partial charge in [0.05, 0.1) is 40.6 Å². The molecule has 0 spiro atoms. The molecule has 31 heavy (non-hydrogen) atoms. The molecule has 0 aliphatic rings. The summed E-state index contributed by atoms with van der Waals surface area (Å²) in [6, 6.07) is 6.50. The number of hydrogen-bond donors (Lipinski definition) is 0. The highest BCUT2D eigenvalue weighted by molar-refractivity contribution is 7.95. The lowest BCUT2D eigenvalue weighted by Crippen LogP contribution is -2.04. The highest BCUT2D eigenvalue weighted by atomic mass is 32.2. The van der Waals surface area contributed by atoms with Crippen LogP contribution in [0.15, 0.2) is 29.3 Å². The van der Waals surface area contributed by atoms with Gasteiger partial charge in [0.25, 0.3) is 0 Å². The average molecular weight is 440 g/mol. The molecule has 0 fully saturated rings. The highest BCUT2D eigenvalue weighted by Gasteiger charge is 2.20. The van der Waals surface area contributed by atoms with Crippen molar-refractivity contribution in [2.24, 2.45) is 0 Å². The minimum Gasteiger partial charge on any atom is -0.478 e. The summed E-state index contributed by atoms with van der Waals surface area (Å²) >= 11 is 1.40. The second-order valence-electron chi connectivity index (χ2n) is 8.71. The van der Waals surface area contributed by atoms with Crippen molar-refractivity contribution >= 4 is 22.9 Å². The molecule has 0 radical (unpaired) electrons. The van der Waals surface area contributed by atoms with E-state index in [0.717, 1.165) is 10.9 Å². The Morgan fingerprint density at radius 3 is 2.10 bits per heavy atom. The van der Waals surface area contributed by atoms with E-state index in [-0.39, 0.29) is 0 Å². The van der Waals surface area contributed by atoms with E-state index < -0.39 is 0 Å². The third-order valence-corrected chi connectivity index (χ3v) is 6.09. The van der Waals surface area contributed by atoms with Gasteiger partial charge in [0, 0.05) is 6.07 Å². The van der Waals surface area contributed by atoms with Gasteiger partial charge < -0.3 is 8.92 Å². The molecule has 3 rings (SSSR count). The molecule has 2 heterocycles. The minimum absolute atomic E-state index is 0.389. The smallest absolute Gasteiger partial charge is 0.239 e. The Balaban J connectivity index is 2.06. The first-order valence-corrected chi connectivity index (χ1v) is 11.7. The predicted molar refractivity (Wildman–Crippen MR) is 128 cm³/mol. The maximum atomic E-state index is 6.28. The average Bonchev–Trinajstić information content (AvgIpc) is 2.71. The number of nitrogens with zero attached hydrogens (tertiary/aromatic N) is 3. The van der Waals surface area contributed by atoms with Crippen molar-refractivity contribution in [2.75, 3.05) is 6.61 Å². The monoisotopic (exact) mass is 439 g/mol. The van der Waals surface area contributed by atoms with Crippen molar-refractivity contribution in [3.63, 3.8) is 0 Å². The summed E-state index contributed by atoms with van der Waals surface area (Å²) in [7, 11) is 0. The summed E-state index contributed by atoms with van der Waals surface area (Å²) in [5.41, 5.74) is 4.74. The Morgan fingerprint density at radius 2 is 1.55 bits per heavy atom. The maximum Gasteiger partial charge on any atom is 0.239 e. The van der Waals surface area contributed by atoms with Gasteiger partial charge >= 0.3 is 0 Å². The van der Waals surface area contributed by atoms with E-state index in [4.69, 9.17) is 8.92 Å². The van der Waals surface area contributed by atoms with Crippen molar-refractivity contribution < 1.29 is 8.92 Å². The quantitative estimate of drug-likeness (QED) is 0.346. The first kappa shape index (κ1) is 23.3. The Kier molecular flexibility index (Phi) is 7.42. The van der Waals surface area contributed by atoms with E-state index in [1.165, 1.54) is 33.6 Å². The van der Waals surface area contributed by atoms with Gasteiger partial charge in [0.15, 0.2) is 0 Å². The molecule has 0 N–H and O–H groups in total. The molecule has 0 aliphatic carbocycles. The normalized spacial score (nSPS) is 11.7. The number of ether oxygens (including phenoxy) is 1. The summed E-state index contributed by atoms with van der Waals surface area (Å²) in [6.45, 7) is 17.8. The molecule has 0 saturated heterocycles. The largest absolute Gasteiger partial charge is 0.478 e. The Labute approximate surface area is 190 Å². The van der Waals surface area contributed by atoms with Crippen LogP contribution < -0.4 is 8.92 Å². The fourth-order valence-electron chi connectivity index (χ4n) is 3.45. The number of fused-ring (bicyclic) bond motifs is 1. The molecule has 0 bridgehead atoms. The SMILES string of the molecule is CCOc1cc2c(OSc3c(C(C)C)cc(C(C)C)cc3C(C)C)nc(C)nc2cn1. The van der Waals surface area contributed by atoms with Crippen LogP contribution in [0, 0.1) is 6.92 Å². The molecule has 0 atom stereocenters. The van der Waals surface area contributed by atoms with Crippen LogP contribution in [0.3, 0.4) is 0 Å². The topological polar surface area (TPSA) is 57.1 Å². The molecule has 166 valence electrons. The molecule has 3 aromatic rings. The summed E-state index contributed by atoms with van der Waals surface area (Å²) in [4.78, 5) is 14.6. The van der Waals surface area contributed by atoms with E-state index in [2.05, 4.69) is 68.6 Å². The van der Waals surface area contributed by atoms with Gasteiger partial charge in [-0.2, -0.15) is 4.98 Å². The van der Waals surface area contributed by atoms with Gasteiger partial charge in [-0.05, 0) is 48.3 Å². The van der Waals surface area contributed by atoms with Crippen molar-refractivity contribution in [3.05, 3.63) is 46.9 Å². The first-order valence-electron chi connectivity index (χ1n) is 11.0. The van der Waals surface area contributed by atoms with E-state index >= 15 is 0 Å².